The van der Waals surface area contributed by atoms with Crippen LogP contribution in [0.1, 0.15) is 19.8 Å². The van der Waals surface area contributed by atoms with Crippen LogP contribution in [0.5, 0.6) is 0 Å². The molecular formula is C10H13NO5S. The van der Waals surface area contributed by atoms with Crippen LogP contribution in [-0.2, 0) is 19.1 Å². The number of amides is 2. The molecule has 0 aromatic carbocycles. The number of carbonyl (C=O) groups is 4. The molecule has 1 heterocycles. The van der Waals surface area contributed by atoms with Crippen molar-refractivity contribution in [3.63, 3.8) is 0 Å². The summed E-state index contributed by atoms with van der Waals surface area (Å²) >= 11 is 0.882. The molecule has 17 heavy (non-hydrogen) atoms. The zero-order valence-electron chi connectivity index (χ0n) is 9.43. The Morgan fingerprint density at radius 3 is 2.59 bits per heavy atom. The first-order valence-corrected chi connectivity index (χ1v) is 6.17. The molecule has 0 atom stereocenters. The maximum atomic E-state index is 11.4. The van der Waals surface area contributed by atoms with Gasteiger partial charge in [0.05, 0.1) is 25.3 Å². The lowest BCUT2D eigenvalue weighted by molar-refractivity contribution is -0.144. The minimum atomic E-state index is -0.450. The highest BCUT2D eigenvalue weighted by Gasteiger charge is 2.31. The highest BCUT2D eigenvalue weighted by molar-refractivity contribution is 8.14. The van der Waals surface area contributed by atoms with Gasteiger partial charge in [0, 0.05) is 6.42 Å². The van der Waals surface area contributed by atoms with Crippen LogP contribution in [-0.4, -0.2) is 46.7 Å². The lowest BCUT2D eigenvalue weighted by atomic mass is 10.2. The molecule has 2 amide bonds. The molecule has 6 nitrogen and oxygen atoms in total. The summed E-state index contributed by atoms with van der Waals surface area (Å²) < 4.78 is 4.66. The number of imide groups is 1. The van der Waals surface area contributed by atoms with E-state index in [4.69, 9.17) is 0 Å². The summed E-state index contributed by atoms with van der Waals surface area (Å²) in [5.74, 6) is -1.04. The molecule has 0 unspecified atom stereocenters. The summed E-state index contributed by atoms with van der Waals surface area (Å²) in [4.78, 5) is 45.7. The van der Waals surface area contributed by atoms with Crippen molar-refractivity contribution >= 4 is 34.7 Å². The molecule has 0 spiro atoms. The lowest BCUT2D eigenvalue weighted by Gasteiger charge is -2.11. The molecule has 1 fully saturated rings. The first-order chi connectivity index (χ1) is 8.04. The Morgan fingerprint density at radius 1 is 1.35 bits per heavy atom. The summed E-state index contributed by atoms with van der Waals surface area (Å²) in [5, 5.41) is -0.403. The molecule has 7 heteroatoms. The van der Waals surface area contributed by atoms with Crippen LogP contribution in [0.3, 0.4) is 0 Å². The lowest BCUT2D eigenvalue weighted by Crippen LogP contribution is -2.34. The fourth-order valence-electron chi connectivity index (χ4n) is 1.26. The standard InChI is InChI=1S/C10H13NO5S/c1-2-16-9(14)4-3-7(12)5-11-8(13)6-17-10(11)15/h2-6H2,1H3. The van der Waals surface area contributed by atoms with Crippen LogP contribution in [0.25, 0.3) is 0 Å². The first-order valence-electron chi connectivity index (χ1n) is 5.19. The molecule has 0 aliphatic carbocycles. The molecule has 1 aliphatic rings. The van der Waals surface area contributed by atoms with Crippen LogP contribution in [0.4, 0.5) is 4.79 Å². The van der Waals surface area contributed by atoms with Crippen molar-refractivity contribution in [1.29, 1.82) is 0 Å². The Hall–Kier alpha value is -1.37. The number of carbonyl (C=O) groups excluding carboxylic acids is 4. The second-order valence-electron chi connectivity index (χ2n) is 3.38. The molecule has 0 aromatic rings. The zero-order valence-corrected chi connectivity index (χ0v) is 10.2. The van der Waals surface area contributed by atoms with E-state index in [1.807, 2.05) is 0 Å². The molecule has 0 radical (unpaired) electrons. The predicted molar refractivity (Wildman–Crippen MR) is 60.4 cm³/mol. The minimum Gasteiger partial charge on any atom is -0.466 e. The summed E-state index contributed by atoms with van der Waals surface area (Å²) in [6.45, 7) is 1.70. The van der Waals surface area contributed by atoms with Crippen LogP contribution in [0, 0.1) is 0 Å². The van der Waals surface area contributed by atoms with E-state index in [1.165, 1.54) is 0 Å². The van der Waals surface area contributed by atoms with Crippen molar-refractivity contribution in [3.8, 4) is 0 Å². The number of hydrogen-bond donors (Lipinski definition) is 0. The van der Waals surface area contributed by atoms with Gasteiger partial charge in [0.25, 0.3) is 5.24 Å². The van der Waals surface area contributed by atoms with Crippen LogP contribution in [0.2, 0.25) is 0 Å². The number of nitrogens with zero attached hydrogens (tertiary/aromatic N) is 1. The Kier molecular flexibility index (Phi) is 5.14. The van der Waals surface area contributed by atoms with E-state index >= 15 is 0 Å². The number of Topliss-reactive ketones (excluding diaryl/α,β-unsaturated/α-hetero) is 1. The number of esters is 1. The number of hydrogen-bond acceptors (Lipinski definition) is 6. The van der Waals surface area contributed by atoms with Crippen molar-refractivity contribution in [3.05, 3.63) is 0 Å². The van der Waals surface area contributed by atoms with Crippen molar-refractivity contribution < 1.29 is 23.9 Å². The Balaban J connectivity index is 2.32. The van der Waals surface area contributed by atoms with Gasteiger partial charge < -0.3 is 4.74 Å². The van der Waals surface area contributed by atoms with Crippen LogP contribution >= 0.6 is 11.8 Å². The molecule has 0 N–H and O–H groups in total. The van der Waals surface area contributed by atoms with Gasteiger partial charge >= 0.3 is 5.97 Å². The quantitative estimate of drug-likeness (QED) is 0.649. The van der Waals surface area contributed by atoms with Crippen molar-refractivity contribution in [1.82, 2.24) is 4.90 Å². The number of thioether (sulfide) groups is 1. The highest BCUT2D eigenvalue weighted by atomic mass is 32.2. The topological polar surface area (TPSA) is 80.8 Å². The summed E-state index contributed by atoms with van der Waals surface area (Å²) in [5.41, 5.74) is 0. The minimum absolute atomic E-state index is 0.0133. The van der Waals surface area contributed by atoms with E-state index < -0.39 is 11.2 Å². The average Bonchev–Trinajstić information content (AvgIpc) is 2.58. The van der Waals surface area contributed by atoms with E-state index in [-0.39, 0.29) is 43.4 Å². The van der Waals surface area contributed by atoms with E-state index in [0.29, 0.717) is 0 Å². The van der Waals surface area contributed by atoms with Gasteiger partial charge in [-0.2, -0.15) is 0 Å². The fourth-order valence-corrected chi connectivity index (χ4v) is 1.99. The van der Waals surface area contributed by atoms with Gasteiger partial charge in [0.15, 0.2) is 5.78 Å². The van der Waals surface area contributed by atoms with Crippen LogP contribution in [0.15, 0.2) is 0 Å². The summed E-state index contributed by atoms with van der Waals surface area (Å²) in [6, 6.07) is 0. The molecule has 0 aromatic heterocycles. The SMILES string of the molecule is CCOC(=O)CCC(=O)CN1C(=O)CSC1=O. The highest BCUT2D eigenvalue weighted by Crippen LogP contribution is 2.18. The third kappa shape index (κ3) is 4.18. The third-order valence-corrected chi connectivity index (χ3v) is 2.95. The maximum Gasteiger partial charge on any atom is 0.306 e. The zero-order chi connectivity index (χ0) is 12.8. The number of ether oxygens (including phenoxy) is 1. The van der Waals surface area contributed by atoms with E-state index in [2.05, 4.69) is 4.74 Å². The molecular weight excluding hydrogens is 246 g/mol. The second-order valence-corrected chi connectivity index (χ2v) is 4.30. The second kappa shape index (κ2) is 6.39. The third-order valence-electron chi connectivity index (χ3n) is 2.09. The molecule has 1 aliphatic heterocycles. The molecule has 0 saturated carbocycles. The van der Waals surface area contributed by atoms with Gasteiger partial charge in [-0.3, -0.25) is 24.1 Å². The Morgan fingerprint density at radius 2 is 2.06 bits per heavy atom. The van der Waals surface area contributed by atoms with Gasteiger partial charge in [0.1, 0.15) is 0 Å². The average molecular weight is 259 g/mol. The van der Waals surface area contributed by atoms with Crippen LogP contribution < -0.4 is 0 Å². The summed E-state index contributed by atoms with van der Waals surface area (Å²) in [7, 11) is 0. The normalized spacial score (nSPS) is 15.2. The molecule has 1 rings (SSSR count). The number of rotatable bonds is 6. The largest absolute Gasteiger partial charge is 0.466 e. The maximum absolute atomic E-state index is 11.4. The first kappa shape index (κ1) is 13.7. The predicted octanol–water partition coefficient (Wildman–Crippen LogP) is 0.594. The smallest absolute Gasteiger partial charge is 0.306 e. The van der Waals surface area contributed by atoms with Gasteiger partial charge in [-0.25, -0.2) is 0 Å². The van der Waals surface area contributed by atoms with Gasteiger partial charge in [-0.1, -0.05) is 11.8 Å². The molecule has 94 valence electrons. The fraction of sp³-hybridized carbons (Fsp3) is 0.600. The monoisotopic (exact) mass is 259 g/mol. The van der Waals surface area contributed by atoms with E-state index in [1.54, 1.807) is 6.92 Å². The van der Waals surface area contributed by atoms with Crippen molar-refractivity contribution in [2.75, 3.05) is 18.9 Å². The van der Waals surface area contributed by atoms with E-state index in [9.17, 15) is 19.2 Å². The molecule has 0 bridgehead atoms. The van der Waals surface area contributed by atoms with Crippen molar-refractivity contribution in [2.45, 2.75) is 19.8 Å². The Bertz CT molecular complexity index is 339. The van der Waals surface area contributed by atoms with Gasteiger partial charge in [0.2, 0.25) is 5.91 Å². The summed E-state index contributed by atoms with van der Waals surface area (Å²) in [6.07, 6.45) is -0.0312. The van der Waals surface area contributed by atoms with Crippen molar-refractivity contribution in [2.24, 2.45) is 0 Å². The van der Waals surface area contributed by atoms with Gasteiger partial charge in [-0.15, -0.1) is 0 Å². The van der Waals surface area contributed by atoms with Gasteiger partial charge in [-0.05, 0) is 6.92 Å². The Labute approximate surface area is 103 Å². The van der Waals surface area contributed by atoms with E-state index in [0.717, 1.165) is 16.7 Å². The molecule has 1 saturated heterocycles. The number of ketones is 1.